The van der Waals surface area contributed by atoms with Crippen LogP contribution in [0.2, 0.25) is 0 Å². The minimum atomic E-state index is 0.724. The molecule has 0 amide bonds. The Morgan fingerprint density at radius 2 is 2.21 bits per heavy atom. The molecule has 0 spiro atoms. The molecule has 0 aliphatic heterocycles. The lowest BCUT2D eigenvalue weighted by atomic mass is 10.2. The lowest BCUT2D eigenvalue weighted by Gasteiger charge is -2.01. The molecule has 0 bridgehead atoms. The van der Waals surface area contributed by atoms with Gasteiger partial charge >= 0.3 is 0 Å². The van der Waals surface area contributed by atoms with Crippen molar-refractivity contribution in [2.75, 3.05) is 27.4 Å². The van der Waals surface area contributed by atoms with Crippen molar-refractivity contribution in [3.63, 3.8) is 0 Å². The van der Waals surface area contributed by atoms with E-state index in [4.69, 9.17) is 9.47 Å². The summed E-state index contributed by atoms with van der Waals surface area (Å²) >= 11 is 1.69. The number of hydrogen-bond donors (Lipinski definition) is 1. The first-order valence-corrected chi connectivity index (χ1v) is 6.94. The molecule has 0 atom stereocenters. The lowest BCUT2D eigenvalue weighted by molar-refractivity contribution is 0.199. The van der Waals surface area contributed by atoms with Crippen molar-refractivity contribution in [3.8, 4) is 16.3 Å². The molecule has 0 aliphatic rings. The Morgan fingerprint density at radius 1 is 1.32 bits per heavy atom. The third-order valence-electron chi connectivity index (χ3n) is 2.65. The zero-order valence-corrected chi connectivity index (χ0v) is 12.0. The summed E-state index contributed by atoms with van der Waals surface area (Å²) < 4.78 is 10.2. The second-order valence-electron chi connectivity index (χ2n) is 4.03. The summed E-state index contributed by atoms with van der Waals surface area (Å²) in [5.41, 5.74) is 1.09. The number of hydrogen-bond acceptors (Lipinski definition) is 5. The SMILES string of the molecule is COCCNCc1cnc(-c2cccc(OC)c2)s1. The van der Waals surface area contributed by atoms with E-state index in [0.717, 1.165) is 36.0 Å². The van der Waals surface area contributed by atoms with Gasteiger partial charge in [-0.1, -0.05) is 12.1 Å². The number of nitrogens with one attached hydrogen (secondary N) is 1. The van der Waals surface area contributed by atoms with Gasteiger partial charge in [0.05, 0.1) is 13.7 Å². The second-order valence-corrected chi connectivity index (χ2v) is 5.15. The van der Waals surface area contributed by atoms with Gasteiger partial charge in [-0.05, 0) is 12.1 Å². The van der Waals surface area contributed by atoms with Crippen molar-refractivity contribution >= 4 is 11.3 Å². The van der Waals surface area contributed by atoms with E-state index in [1.165, 1.54) is 4.88 Å². The van der Waals surface area contributed by atoms with Gasteiger partial charge < -0.3 is 14.8 Å². The van der Waals surface area contributed by atoms with Gasteiger partial charge in [0.2, 0.25) is 0 Å². The maximum atomic E-state index is 5.23. The smallest absolute Gasteiger partial charge is 0.123 e. The van der Waals surface area contributed by atoms with Gasteiger partial charge in [0.15, 0.2) is 0 Å². The fourth-order valence-corrected chi connectivity index (χ4v) is 2.54. The number of nitrogens with zero attached hydrogens (tertiary/aromatic N) is 1. The molecule has 2 rings (SSSR count). The highest BCUT2D eigenvalue weighted by atomic mass is 32.1. The number of benzene rings is 1. The molecule has 1 aromatic heterocycles. The predicted molar refractivity (Wildman–Crippen MR) is 77.7 cm³/mol. The summed E-state index contributed by atoms with van der Waals surface area (Å²) in [6.07, 6.45) is 1.92. The molecule has 0 unspecified atom stereocenters. The van der Waals surface area contributed by atoms with Crippen molar-refractivity contribution in [3.05, 3.63) is 35.3 Å². The van der Waals surface area contributed by atoms with Gasteiger partial charge in [-0.2, -0.15) is 0 Å². The molecule has 1 aromatic carbocycles. The maximum absolute atomic E-state index is 5.23. The van der Waals surface area contributed by atoms with Crippen molar-refractivity contribution in [1.82, 2.24) is 10.3 Å². The summed E-state index contributed by atoms with van der Waals surface area (Å²) in [5, 5.41) is 4.33. The Hall–Kier alpha value is -1.43. The zero-order valence-electron chi connectivity index (χ0n) is 11.2. The molecule has 102 valence electrons. The minimum absolute atomic E-state index is 0.724. The van der Waals surface area contributed by atoms with Gasteiger partial charge in [-0.3, -0.25) is 0 Å². The molecular formula is C14H18N2O2S. The Morgan fingerprint density at radius 3 is 3.00 bits per heavy atom. The first kappa shape index (κ1) is 14.0. The van der Waals surface area contributed by atoms with Crippen LogP contribution in [0, 0.1) is 0 Å². The van der Waals surface area contributed by atoms with Crippen LogP contribution in [0.3, 0.4) is 0 Å². The van der Waals surface area contributed by atoms with Crippen molar-refractivity contribution in [1.29, 1.82) is 0 Å². The van der Waals surface area contributed by atoms with E-state index < -0.39 is 0 Å². The van der Waals surface area contributed by atoms with Crippen molar-refractivity contribution < 1.29 is 9.47 Å². The molecule has 0 radical (unpaired) electrons. The monoisotopic (exact) mass is 278 g/mol. The van der Waals surface area contributed by atoms with Crippen LogP contribution in [0.1, 0.15) is 4.88 Å². The van der Waals surface area contributed by atoms with Crippen LogP contribution in [0.15, 0.2) is 30.5 Å². The van der Waals surface area contributed by atoms with Crippen LogP contribution >= 0.6 is 11.3 Å². The lowest BCUT2D eigenvalue weighted by Crippen LogP contribution is -2.17. The molecule has 19 heavy (non-hydrogen) atoms. The van der Waals surface area contributed by atoms with Crippen LogP contribution in [-0.4, -0.2) is 32.4 Å². The van der Waals surface area contributed by atoms with Crippen LogP contribution in [0.5, 0.6) is 5.75 Å². The molecule has 0 saturated carbocycles. The second kappa shape index (κ2) is 7.23. The van der Waals surface area contributed by atoms with E-state index in [9.17, 15) is 0 Å². The predicted octanol–water partition coefficient (Wildman–Crippen LogP) is 2.55. The molecule has 1 heterocycles. The summed E-state index contributed by atoms with van der Waals surface area (Å²) in [7, 11) is 3.38. The fraction of sp³-hybridized carbons (Fsp3) is 0.357. The molecule has 0 fully saturated rings. The molecule has 4 nitrogen and oxygen atoms in total. The van der Waals surface area contributed by atoms with Gasteiger partial charge in [0, 0.05) is 36.8 Å². The highest BCUT2D eigenvalue weighted by Crippen LogP contribution is 2.27. The maximum Gasteiger partial charge on any atom is 0.123 e. The first-order valence-electron chi connectivity index (χ1n) is 6.12. The largest absolute Gasteiger partial charge is 0.497 e. The van der Waals surface area contributed by atoms with Crippen LogP contribution in [-0.2, 0) is 11.3 Å². The van der Waals surface area contributed by atoms with Gasteiger partial charge in [0.25, 0.3) is 0 Å². The average Bonchev–Trinajstić information content (AvgIpc) is 2.92. The summed E-state index contributed by atoms with van der Waals surface area (Å²) in [4.78, 5) is 5.67. The number of thiazole rings is 1. The van der Waals surface area contributed by atoms with Crippen LogP contribution < -0.4 is 10.1 Å². The Labute approximate surface area is 117 Å². The van der Waals surface area contributed by atoms with E-state index in [1.54, 1.807) is 25.6 Å². The molecule has 2 aromatic rings. The standard InChI is InChI=1S/C14H18N2O2S/c1-17-7-6-15-9-13-10-16-14(19-13)11-4-3-5-12(8-11)18-2/h3-5,8,10,15H,6-7,9H2,1-2H3. The Kier molecular flexibility index (Phi) is 5.32. The van der Waals surface area contributed by atoms with Crippen LogP contribution in [0.4, 0.5) is 0 Å². The highest BCUT2D eigenvalue weighted by Gasteiger charge is 2.05. The Bertz CT molecular complexity index is 514. The molecule has 0 aliphatic carbocycles. The third-order valence-corrected chi connectivity index (χ3v) is 3.70. The molecule has 1 N–H and O–H groups in total. The summed E-state index contributed by atoms with van der Waals surface area (Å²) in [6.45, 7) is 2.40. The molecule has 0 saturated heterocycles. The fourth-order valence-electron chi connectivity index (χ4n) is 1.66. The quantitative estimate of drug-likeness (QED) is 0.791. The zero-order chi connectivity index (χ0) is 13.5. The highest BCUT2D eigenvalue weighted by molar-refractivity contribution is 7.15. The van der Waals surface area contributed by atoms with Gasteiger partial charge in [0.1, 0.15) is 10.8 Å². The van der Waals surface area contributed by atoms with E-state index in [0.29, 0.717) is 0 Å². The van der Waals surface area contributed by atoms with E-state index >= 15 is 0 Å². The third kappa shape index (κ3) is 4.02. The van der Waals surface area contributed by atoms with Gasteiger partial charge in [-0.15, -0.1) is 11.3 Å². The summed E-state index contributed by atoms with van der Waals surface area (Å²) in [5.74, 6) is 0.854. The molecule has 5 heteroatoms. The van der Waals surface area contributed by atoms with Gasteiger partial charge in [-0.25, -0.2) is 4.98 Å². The topological polar surface area (TPSA) is 43.4 Å². The normalized spacial score (nSPS) is 10.6. The first-order chi connectivity index (χ1) is 9.33. The van der Waals surface area contributed by atoms with E-state index in [-0.39, 0.29) is 0 Å². The van der Waals surface area contributed by atoms with Crippen molar-refractivity contribution in [2.45, 2.75) is 6.54 Å². The number of rotatable bonds is 7. The molecular weight excluding hydrogens is 260 g/mol. The Balaban J connectivity index is 1.99. The number of aromatic nitrogens is 1. The van der Waals surface area contributed by atoms with E-state index in [1.807, 2.05) is 30.5 Å². The summed E-state index contributed by atoms with van der Waals surface area (Å²) in [6, 6.07) is 7.96. The van der Waals surface area contributed by atoms with Crippen molar-refractivity contribution in [2.24, 2.45) is 0 Å². The number of methoxy groups -OCH3 is 2. The van der Waals surface area contributed by atoms with E-state index in [2.05, 4.69) is 10.3 Å². The average molecular weight is 278 g/mol. The number of ether oxygens (including phenoxy) is 2. The van der Waals surface area contributed by atoms with Crippen LogP contribution in [0.25, 0.3) is 10.6 Å². The minimum Gasteiger partial charge on any atom is -0.497 e.